The molecule has 1 unspecified atom stereocenters. The van der Waals surface area contributed by atoms with Crippen LogP contribution in [0.2, 0.25) is 5.02 Å². The van der Waals surface area contributed by atoms with Gasteiger partial charge >= 0.3 is 0 Å². The Hall–Kier alpha value is -2.87. The number of methoxy groups -OCH3 is 1. The van der Waals surface area contributed by atoms with Gasteiger partial charge in [0.05, 0.1) is 24.3 Å². The Morgan fingerprint density at radius 2 is 1.69 bits per heavy atom. The van der Waals surface area contributed by atoms with Gasteiger partial charge in [0.15, 0.2) is 0 Å². The van der Waals surface area contributed by atoms with Crippen molar-refractivity contribution in [2.24, 2.45) is 9.50 Å². The molecule has 32 heavy (non-hydrogen) atoms. The van der Waals surface area contributed by atoms with E-state index in [2.05, 4.69) is 9.50 Å². The second-order valence-corrected chi connectivity index (χ2v) is 9.43. The first kappa shape index (κ1) is 22.3. The summed E-state index contributed by atoms with van der Waals surface area (Å²) < 4.78 is 34.3. The maximum Gasteiger partial charge on any atom is 0.285 e. The zero-order valence-corrected chi connectivity index (χ0v) is 19.3. The Kier molecular flexibility index (Phi) is 6.50. The van der Waals surface area contributed by atoms with E-state index in [1.54, 1.807) is 24.3 Å². The molecule has 1 aliphatic rings. The SMILES string of the molecule is COc1ccc(S(=O)(=O)/N=C(\Cl)N2CC(c3ccccc3)C(c3ccc(Cl)cc3)=N2)cc1. The number of halogens is 2. The summed E-state index contributed by atoms with van der Waals surface area (Å²) in [5.74, 6) is 0.423. The van der Waals surface area contributed by atoms with Crippen LogP contribution in [0.4, 0.5) is 0 Å². The van der Waals surface area contributed by atoms with Gasteiger partial charge in [-0.25, -0.2) is 5.01 Å². The fourth-order valence-corrected chi connectivity index (χ4v) is 4.77. The number of hydrogen-bond acceptors (Lipinski definition) is 4. The van der Waals surface area contributed by atoms with Gasteiger partial charge in [-0.15, -0.1) is 4.40 Å². The minimum Gasteiger partial charge on any atom is -0.497 e. The smallest absolute Gasteiger partial charge is 0.285 e. The van der Waals surface area contributed by atoms with Crippen molar-refractivity contribution in [2.75, 3.05) is 13.7 Å². The number of benzene rings is 3. The predicted molar refractivity (Wildman–Crippen MR) is 127 cm³/mol. The Labute approximate surface area is 196 Å². The van der Waals surface area contributed by atoms with E-state index < -0.39 is 10.0 Å². The summed E-state index contributed by atoms with van der Waals surface area (Å²) >= 11 is 12.4. The number of hydrogen-bond donors (Lipinski definition) is 0. The van der Waals surface area contributed by atoms with E-state index in [4.69, 9.17) is 27.9 Å². The van der Waals surface area contributed by atoms with Crippen LogP contribution in [0.5, 0.6) is 5.75 Å². The molecule has 4 rings (SSSR count). The standard InChI is InChI=1S/C23H19Cl2N3O3S/c1-31-19-11-13-20(14-12-19)32(29,30)27-23(25)28-15-21(16-5-3-2-4-6-16)22(26-28)17-7-9-18(24)10-8-17/h2-14,21H,15H2,1H3/b27-23+. The Morgan fingerprint density at radius 1 is 1.03 bits per heavy atom. The normalized spacial score (nSPS) is 16.7. The van der Waals surface area contributed by atoms with Crippen molar-refractivity contribution in [2.45, 2.75) is 10.8 Å². The van der Waals surface area contributed by atoms with Crippen molar-refractivity contribution < 1.29 is 13.2 Å². The predicted octanol–water partition coefficient (Wildman–Crippen LogP) is 5.14. The van der Waals surface area contributed by atoms with Crippen molar-refractivity contribution in [1.29, 1.82) is 0 Å². The largest absolute Gasteiger partial charge is 0.497 e. The third kappa shape index (κ3) is 4.80. The summed E-state index contributed by atoms with van der Waals surface area (Å²) in [4.78, 5) is 0.0113. The van der Waals surface area contributed by atoms with Crippen molar-refractivity contribution in [1.82, 2.24) is 5.01 Å². The number of hydrazone groups is 1. The van der Waals surface area contributed by atoms with Crippen molar-refractivity contribution >= 4 is 44.2 Å². The van der Waals surface area contributed by atoms with Crippen LogP contribution in [0.3, 0.4) is 0 Å². The Morgan fingerprint density at radius 3 is 2.31 bits per heavy atom. The van der Waals surface area contributed by atoms with Crippen LogP contribution in [0.1, 0.15) is 17.0 Å². The summed E-state index contributed by atoms with van der Waals surface area (Å²) in [6.45, 7) is 0.350. The van der Waals surface area contributed by atoms with Gasteiger partial charge in [-0.3, -0.25) is 0 Å². The van der Waals surface area contributed by atoms with Gasteiger partial charge in [0.2, 0.25) is 5.29 Å². The lowest BCUT2D eigenvalue weighted by Gasteiger charge is -2.15. The highest BCUT2D eigenvalue weighted by molar-refractivity contribution is 7.90. The third-order valence-electron chi connectivity index (χ3n) is 5.02. The molecule has 1 atom stereocenters. The van der Waals surface area contributed by atoms with Crippen LogP contribution in [-0.2, 0) is 10.0 Å². The Balaban J connectivity index is 1.68. The molecule has 0 saturated carbocycles. The Bertz CT molecular complexity index is 1260. The molecule has 1 aliphatic heterocycles. The second kappa shape index (κ2) is 9.32. The number of sulfonamides is 1. The van der Waals surface area contributed by atoms with Crippen molar-refractivity contribution in [3.63, 3.8) is 0 Å². The first-order valence-electron chi connectivity index (χ1n) is 9.69. The molecule has 0 N–H and O–H groups in total. The molecule has 0 aromatic heterocycles. The first-order valence-corrected chi connectivity index (χ1v) is 11.9. The zero-order valence-electron chi connectivity index (χ0n) is 17.0. The average molecular weight is 488 g/mol. The fraction of sp³-hybridized carbons (Fsp3) is 0.130. The molecular formula is C23H19Cl2N3O3S. The molecule has 3 aromatic carbocycles. The molecular weight excluding hydrogens is 469 g/mol. The lowest BCUT2D eigenvalue weighted by atomic mass is 9.91. The topological polar surface area (TPSA) is 71.3 Å². The van der Waals surface area contributed by atoms with Crippen molar-refractivity contribution in [3.8, 4) is 5.75 Å². The number of ether oxygens (including phenoxy) is 1. The molecule has 0 spiro atoms. The van der Waals surface area contributed by atoms with Gasteiger partial charge in [0.25, 0.3) is 10.0 Å². The molecule has 9 heteroatoms. The molecule has 1 heterocycles. The minimum atomic E-state index is -4.02. The molecule has 0 fully saturated rings. The summed E-state index contributed by atoms with van der Waals surface area (Å²) in [5.41, 5.74) is 2.66. The average Bonchev–Trinajstić information content (AvgIpc) is 3.26. The van der Waals surface area contributed by atoms with E-state index in [-0.39, 0.29) is 16.1 Å². The highest BCUT2D eigenvalue weighted by Crippen LogP contribution is 2.30. The highest BCUT2D eigenvalue weighted by atomic mass is 35.5. The number of amidine groups is 1. The van der Waals surface area contributed by atoms with Gasteiger partial charge in [0.1, 0.15) is 5.75 Å². The van der Waals surface area contributed by atoms with E-state index in [0.29, 0.717) is 17.3 Å². The van der Waals surface area contributed by atoms with Gasteiger partial charge < -0.3 is 4.74 Å². The van der Waals surface area contributed by atoms with Gasteiger partial charge in [-0.1, -0.05) is 54.1 Å². The van der Waals surface area contributed by atoms with E-state index in [9.17, 15) is 8.42 Å². The minimum absolute atomic E-state index is 0.0113. The van der Waals surface area contributed by atoms with E-state index in [1.165, 1.54) is 24.3 Å². The van der Waals surface area contributed by atoms with Crippen LogP contribution in [0.25, 0.3) is 0 Å². The first-order chi connectivity index (χ1) is 15.4. The maximum atomic E-state index is 12.7. The van der Waals surface area contributed by atoms with E-state index >= 15 is 0 Å². The fourth-order valence-electron chi connectivity index (χ4n) is 3.39. The second-order valence-electron chi connectivity index (χ2n) is 7.05. The lowest BCUT2D eigenvalue weighted by molar-refractivity contribution is 0.414. The lowest BCUT2D eigenvalue weighted by Crippen LogP contribution is -2.23. The quantitative estimate of drug-likeness (QED) is 0.284. The van der Waals surface area contributed by atoms with Gasteiger partial charge in [-0.05, 0) is 59.1 Å². The van der Waals surface area contributed by atoms with Crippen LogP contribution in [0.15, 0.2) is 93.3 Å². The van der Waals surface area contributed by atoms with Crippen LogP contribution >= 0.6 is 23.2 Å². The third-order valence-corrected chi connectivity index (χ3v) is 6.93. The monoisotopic (exact) mass is 487 g/mol. The molecule has 0 bridgehead atoms. The molecule has 0 amide bonds. The van der Waals surface area contributed by atoms with E-state index in [0.717, 1.165) is 16.8 Å². The maximum absolute atomic E-state index is 12.7. The molecule has 6 nitrogen and oxygen atoms in total. The molecule has 0 radical (unpaired) electrons. The number of nitrogens with zero attached hydrogens (tertiary/aromatic N) is 3. The summed E-state index contributed by atoms with van der Waals surface area (Å²) in [7, 11) is -2.51. The molecule has 3 aromatic rings. The zero-order chi connectivity index (χ0) is 22.7. The summed E-state index contributed by atoms with van der Waals surface area (Å²) in [5, 5.41) is 6.40. The van der Waals surface area contributed by atoms with E-state index in [1.807, 2.05) is 42.5 Å². The molecule has 164 valence electrons. The van der Waals surface area contributed by atoms with Gasteiger partial charge in [0, 0.05) is 10.9 Å². The summed E-state index contributed by atoms with van der Waals surface area (Å²) in [6.07, 6.45) is 0. The van der Waals surface area contributed by atoms with Crippen LogP contribution in [0, 0.1) is 0 Å². The number of rotatable bonds is 5. The van der Waals surface area contributed by atoms with Crippen LogP contribution < -0.4 is 4.74 Å². The van der Waals surface area contributed by atoms with Gasteiger partial charge in [-0.2, -0.15) is 13.5 Å². The van der Waals surface area contributed by atoms with Crippen molar-refractivity contribution in [3.05, 3.63) is 95.0 Å². The highest BCUT2D eigenvalue weighted by Gasteiger charge is 2.31. The van der Waals surface area contributed by atoms with Crippen LogP contribution in [-0.4, -0.2) is 38.1 Å². The molecule has 0 aliphatic carbocycles. The molecule has 0 saturated heterocycles. The summed E-state index contributed by atoms with van der Waals surface area (Å²) in [6, 6.07) is 23.1.